The van der Waals surface area contributed by atoms with Gasteiger partial charge in [0.2, 0.25) is 4.96 Å². The van der Waals surface area contributed by atoms with Crippen molar-refractivity contribution >= 4 is 16.3 Å². The summed E-state index contributed by atoms with van der Waals surface area (Å²) in [4.78, 5) is 19.9. The van der Waals surface area contributed by atoms with Crippen molar-refractivity contribution in [2.75, 3.05) is 20.3 Å². The highest BCUT2D eigenvalue weighted by Crippen LogP contribution is 2.41. The van der Waals surface area contributed by atoms with E-state index < -0.39 is 0 Å². The molecule has 0 unspecified atom stereocenters. The summed E-state index contributed by atoms with van der Waals surface area (Å²) < 4.78 is 19.7. The number of nitrogens with zero attached hydrogens (tertiary/aromatic N) is 4. The summed E-state index contributed by atoms with van der Waals surface area (Å²) >= 11 is 1.50. The first-order chi connectivity index (χ1) is 13.1. The predicted molar refractivity (Wildman–Crippen MR) is 101 cm³/mol. The van der Waals surface area contributed by atoms with Crippen molar-refractivity contribution < 1.29 is 9.13 Å². The molecule has 1 aromatic carbocycles. The van der Waals surface area contributed by atoms with Gasteiger partial charge in [0.25, 0.3) is 5.56 Å². The number of hydrogen-bond acceptors (Lipinski definition) is 6. The van der Waals surface area contributed by atoms with Crippen LogP contribution in [0.4, 0.5) is 4.39 Å². The molecule has 6 nitrogen and oxygen atoms in total. The summed E-state index contributed by atoms with van der Waals surface area (Å²) in [6, 6.07) is 8.00. The van der Waals surface area contributed by atoms with Crippen LogP contribution in [0.3, 0.4) is 0 Å². The molecule has 27 heavy (non-hydrogen) atoms. The lowest BCUT2D eigenvalue weighted by Crippen LogP contribution is -2.28. The van der Waals surface area contributed by atoms with Crippen LogP contribution in [0.2, 0.25) is 0 Å². The van der Waals surface area contributed by atoms with Gasteiger partial charge >= 0.3 is 0 Å². The van der Waals surface area contributed by atoms with E-state index in [0.29, 0.717) is 42.8 Å². The van der Waals surface area contributed by atoms with Crippen LogP contribution in [0.15, 0.2) is 35.1 Å². The molecule has 8 heteroatoms. The lowest BCUT2D eigenvalue weighted by molar-refractivity contribution is 0.139. The fourth-order valence-corrected chi connectivity index (χ4v) is 4.05. The van der Waals surface area contributed by atoms with Crippen molar-refractivity contribution in [3.05, 3.63) is 62.8 Å². The third-order valence-corrected chi connectivity index (χ3v) is 5.63. The molecule has 1 fully saturated rings. The second-order valence-electron chi connectivity index (χ2n) is 6.82. The standard InChI is InChI=1S/C19H21FN4O2S/c1-26-9-8-23(11-13-2-6-15(20)7-3-13)12-16-10-17(25)24-19(21-16)27-18(22-24)14-4-5-14/h2-3,6-7,10,14H,4-5,8-9,11-12H2,1H3. The molecule has 0 amide bonds. The number of hydrogen-bond donors (Lipinski definition) is 0. The van der Waals surface area contributed by atoms with E-state index in [0.717, 1.165) is 23.4 Å². The van der Waals surface area contributed by atoms with Crippen LogP contribution in [-0.2, 0) is 17.8 Å². The zero-order valence-corrected chi connectivity index (χ0v) is 15.9. The van der Waals surface area contributed by atoms with E-state index in [9.17, 15) is 9.18 Å². The molecule has 0 aliphatic heterocycles. The molecule has 0 atom stereocenters. The maximum Gasteiger partial charge on any atom is 0.275 e. The molecule has 142 valence electrons. The second kappa shape index (κ2) is 7.84. The minimum Gasteiger partial charge on any atom is -0.383 e. The Labute approximate surface area is 160 Å². The molecule has 0 N–H and O–H groups in total. The van der Waals surface area contributed by atoms with E-state index in [4.69, 9.17) is 4.74 Å². The van der Waals surface area contributed by atoms with E-state index >= 15 is 0 Å². The number of methoxy groups -OCH3 is 1. The highest BCUT2D eigenvalue weighted by molar-refractivity contribution is 7.16. The highest BCUT2D eigenvalue weighted by atomic mass is 32.1. The van der Waals surface area contributed by atoms with Gasteiger partial charge in [-0.3, -0.25) is 9.69 Å². The number of halogens is 1. The molecule has 0 spiro atoms. The van der Waals surface area contributed by atoms with Crippen LogP contribution in [0.25, 0.3) is 4.96 Å². The van der Waals surface area contributed by atoms with Gasteiger partial charge in [-0.15, -0.1) is 0 Å². The van der Waals surface area contributed by atoms with Crippen LogP contribution >= 0.6 is 11.3 Å². The molecule has 0 saturated heterocycles. The van der Waals surface area contributed by atoms with Crippen LogP contribution in [-0.4, -0.2) is 39.8 Å². The maximum absolute atomic E-state index is 13.1. The fourth-order valence-electron chi connectivity index (χ4n) is 2.96. The summed E-state index contributed by atoms with van der Waals surface area (Å²) in [7, 11) is 1.66. The Kier molecular flexibility index (Phi) is 5.29. The zero-order valence-electron chi connectivity index (χ0n) is 15.1. The SMILES string of the molecule is COCCN(Cc1ccc(F)cc1)Cc1cc(=O)n2nc(C3CC3)sc2n1. The molecule has 1 aliphatic rings. The van der Waals surface area contributed by atoms with Crippen molar-refractivity contribution in [1.82, 2.24) is 19.5 Å². The van der Waals surface area contributed by atoms with Gasteiger partial charge in [-0.2, -0.15) is 9.61 Å². The van der Waals surface area contributed by atoms with Crippen molar-refractivity contribution in [1.29, 1.82) is 0 Å². The topological polar surface area (TPSA) is 59.7 Å². The van der Waals surface area contributed by atoms with Crippen molar-refractivity contribution in [2.24, 2.45) is 0 Å². The van der Waals surface area contributed by atoms with Gasteiger partial charge in [0.1, 0.15) is 10.8 Å². The molecular formula is C19H21FN4O2S. The Hall–Kier alpha value is -2.16. The monoisotopic (exact) mass is 388 g/mol. The van der Waals surface area contributed by atoms with E-state index in [-0.39, 0.29) is 11.4 Å². The quantitative estimate of drug-likeness (QED) is 0.594. The average molecular weight is 388 g/mol. The highest BCUT2D eigenvalue weighted by Gasteiger charge is 2.28. The number of aromatic nitrogens is 3. The summed E-state index contributed by atoms with van der Waals surface area (Å²) in [6.07, 6.45) is 2.29. The molecule has 0 bridgehead atoms. The van der Waals surface area contributed by atoms with E-state index in [1.165, 1.54) is 28.0 Å². The summed E-state index contributed by atoms with van der Waals surface area (Å²) in [5.41, 5.74) is 1.56. The van der Waals surface area contributed by atoms with Gasteiger partial charge in [-0.05, 0) is 30.5 Å². The summed E-state index contributed by atoms with van der Waals surface area (Å²) in [5.74, 6) is 0.246. The van der Waals surface area contributed by atoms with Crippen LogP contribution in [0.1, 0.15) is 35.0 Å². The Morgan fingerprint density at radius 3 is 2.78 bits per heavy atom. The third kappa shape index (κ3) is 4.40. The van der Waals surface area contributed by atoms with Crippen LogP contribution in [0, 0.1) is 5.82 Å². The first-order valence-corrected chi connectivity index (χ1v) is 9.79. The van der Waals surface area contributed by atoms with Gasteiger partial charge in [-0.1, -0.05) is 23.5 Å². The van der Waals surface area contributed by atoms with Crippen LogP contribution < -0.4 is 5.56 Å². The van der Waals surface area contributed by atoms with Gasteiger partial charge < -0.3 is 4.74 Å². The minimum atomic E-state index is -0.251. The number of benzene rings is 1. The molecule has 2 aromatic heterocycles. The second-order valence-corrected chi connectivity index (χ2v) is 7.81. The summed E-state index contributed by atoms with van der Waals surface area (Å²) in [5, 5.41) is 5.41. The van der Waals surface area contributed by atoms with Gasteiger partial charge in [0, 0.05) is 38.7 Å². The first-order valence-electron chi connectivity index (χ1n) is 8.98. The molecule has 3 aromatic rings. The maximum atomic E-state index is 13.1. The van der Waals surface area contributed by atoms with E-state index in [1.807, 2.05) is 0 Å². The van der Waals surface area contributed by atoms with Crippen molar-refractivity contribution in [3.63, 3.8) is 0 Å². The normalized spacial score (nSPS) is 14.3. The Bertz CT molecular complexity index is 982. The molecule has 0 radical (unpaired) electrons. The van der Waals surface area contributed by atoms with Gasteiger partial charge in [0.05, 0.1) is 12.3 Å². The van der Waals surface area contributed by atoms with E-state index in [1.54, 1.807) is 25.3 Å². The summed E-state index contributed by atoms with van der Waals surface area (Å²) in [6.45, 7) is 2.39. The van der Waals surface area contributed by atoms with Gasteiger partial charge in [0.15, 0.2) is 0 Å². The molecule has 1 aliphatic carbocycles. The predicted octanol–water partition coefficient (Wildman–Crippen LogP) is 2.82. The third-order valence-electron chi connectivity index (χ3n) is 4.56. The number of ether oxygens (including phenoxy) is 1. The molecule has 1 saturated carbocycles. The first kappa shape index (κ1) is 18.2. The zero-order chi connectivity index (χ0) is 18.8. The van der Waals surface area contributed by atoms with Crippen molar-refractivity contribution in [3.8, 4) is 0 Å². The molecule has 4 rings (SSSR count). The smallest absolute Gasteiger partial charge is 0.275 e. The fraction of sp³-hybridized carbons (Fsp3) is 0.421. The average Bonchev–Trinajstić information content (AvgIpc) is 3.41. The lowest BCUT2D eigenvalue weighted by atomic mass is 10.2. The van der Waals surface area contributed by atoms with Gasteiger partial charge in [-0.25, -0.2) is 9.37 Å². The molecule has 2 heterocycles. The largest absolute Gasteiger partial charge is 0.383 e. The minimum absolute atomic E-state index is 0.147. The number of rotatable bonds is 8. The Morgan fingerprint density at radius 2 is 2.07 bits per heavy atom. The Balaban J connectivity index is 1.55. The number of fused-ring (bicyclic) bond motifs is 1. The van der Waals surface area contributed by atoms with E-state index in [2.05, 4.69) is 15.0 Å². The Morgan fingerprint density at radius 1 is 1.30 bits per heavy atom. The van der Waals surface area contributed by atoms with Crippen LogP contribution in [0.5, 0.6) is 0 Å². The lowest BCUT2D eigenvalue weighted by Gasteiger charge is -2.21. The van der Waals surface area contributed by atoms with Crippen molar-refractivity contribution in [2.45, 2.75) is 31.8 Å². The molecular weight excluding hydrogens is 367 g/mol.